The minimum absolute atomic E-state index is 0.111. The van der Waals surface area contributed by atoms with Crippen LogP contribution in [-0.2, 0) is 34.4 Å². The predicted octanol–water partition coefficient (Wildman–Crippen LogP) is 0.180. The fourth-order valence-corrected chi connectivity index (χ4v) is 10.8. The Balaban J connectivity index is 1.15. The number of phenols is 1. The average Bonchev–Trinajstić information content (AvgIpc) is 3.40. The number of Topliss-reactive ketones (excluding diaryl/α,β-unsaturated/α-hetero) is 2. The minimum atomic E-state index is -2.93. The quantitative estimate of drug-likeness (QED) is 0.0930. The molecule has 17 nitrogen and oxygen atoms in total. The monoisotopic (exact) mass is 805 g/mol. The van der Waals surface area contributed by atoms with Crippen molar-refractivity contribution in [3.63, 3.8) is 0 Å². The number of hydrogen-bond acceptors (Lipinski definition) is 14. The summed E-state index contributed by atoms with van der Waals surface area (Å²) < 4.78 is -0.825. The Morgan fingerprint density at radius 2 is 1.65 bits per heavy atom. The van der Waals surface area contributed by atoms with E-state index in [4.69, 9.17) is 0 Å². The molecule has 3 aliphatic carbocycles. The van der Waals surface area contributed by atoms with Gasteiger partial charge in [0.15, 0.2) is 11.4 Å². The SMILES string of the molecule is CN(C)[C@@H]1C(=O)C(C(=O)NCN[C@@H](C(=O)N[C@@H]2C(=O)N3[C@@H]2SC(C)(C)[C@@H]3C(=O)O)c2ccccc2)=C(O)[C@@]2(O)C(=O)C3=C(O)c4c(O)cccc4[C@@](C)(O)[C@H]3C[C@H]12. The number of aliphatic hydroxyl groups is 4. The summed E-state index contributed by atoms with van der Waals surface area (Å²) in [5, 5.41) is 74.7. The number of rotatable bonds is 9. The van der Waals surface area contributed by atoms with Crippen molar-refractivity contribution in [2.75, 3.05) is 20.8 Å². The number of carbonyl (C=O) groups is 6. The lowest BCUT2D eigenvalue weighted by atomic mass is 9.54. The summed E-state index contributed by atoms with van der Waals surface area (Å²) in [6.45, 7) is 4.27. The number of phenolic OH excluding ortho intramolecular Hbond substituents is 1. The lowest BCUT2D eigenvalue weighted by molar-refractivity contribution is -0.161. The van der Waals surface area contributed by atoms with Gasteiger partial charge in [-0.2, -0.15) is 0 Å². The first-order chi connectivity index (χ1) is 26.7. The van der Waals surface area contributed by atoms with Crippen LogP contribution in [-0.4, -0.2) is 130 Å². The highest BCUT2D eigenvalue weighted by Crippen LogP contribution is 2.57. The van der Waals surface area contributed by atoms with Gasteiger partial charge in [-0.15, -0.1) is 11.8 Å². The number of carboxylic acid groups (broad SMARTS) is 1. The van der Waals surface area contributed by atoms with Gasteiger partial charge < -0.3 is 46.2 Å². The number of carboxylic acids is 1. The van der Waals surface area contributed by atoms with E-state index < -0.39 is 128 Å². The van der Waals surface area contributed by atoms with Gasteiger partial charge in [-0.05, 0) is 58.5 Å². The van der Waals surface area contributed by atoms with E-state index in [9.17, 15) is 59.4 Å². The zero-order valence-corrected chi connectivity index (χ0v) is 32.3. The molecule has 2 aliphatic heterocycles. The molecule has 5 aliphatic rings. The highest BCUT2D eigenvalue weighted by Gasteiger charge is 2.67. The topological polar surface area (TPSA) is 266 Å². The molecule has 0 radical (unpaired) electrons. The molecule has 0 spiro atoms. The Morgan fingerprint density at radius 1 is 0.982 bits per heavy atom. The summed E-state index contributed by atoms with van der Waals surface area (Å²) in [6.07, 6.45) is -0.304. The highest BCUT2D eigenvalue weighted by molar-refractivity contribution is 8.01. The molecule has 2 saturated heterocycles. The summed E-state index contributed by atoms with van der Waals surface area (Å²) in [4.78, 5) is 83.8. The van der Waals surface area contributed by atoms with Crippen LogP contribution in [0.5, 0.6) is 5.75 Å². The fourth-order valence-electron chi connectivity index (χ4n) is 9.19. The maximum atomic E-state index is 14.4. The van der Waals surface area contributed by atoms with E-state index in [0.29, 0.717) is 5.56 Å². The van der Waals surface area contributed by atoms with Crippen LogP contribution in [0.1, 0.15) is 49.9 Å². The first kappa shape index (κ1) is 39.9. The molecule has 7 rings (SSSR count). The molecular weight excluding hydrogens is 763 g/mol. The molecule has 3 amide bonds. The zero-order chi connectivity index (χ0) is 41.7. The Morgan fingerprint density at radius 3 is 2.28 bits per heavy atom. The minimum Gasteiger partial charge on any atom is -0.508 e. The van der Waals surface area contributed by atoms with E-state index in [1.54, 1.807) is 44.2 Å². The number of carbonyl (C=O) groups excluding carboxylic acids is 5. The molecule has 302 valence electrons. The van der Waals surface area contributed by atoms with Crippen molar-refractivity contribution in [1.82, 2.24) is 25.8 Å². The van der Waals surface area contributed by atoms with E-state index in [1.807, 2.05) is 0 Å². The van der Waals surface area contributed by atoms with Gasteiger partial charge in [0.25, 0.3) is 5.91 Å². The molecule has 2 heterocycles. The van der Waals surface area contributed by atoms with Crippen molar-refractivity contribution in [1.29, 1.82) is 0 Å². The van der Waals surface area contributed by atoms with E-state index in [2.05, 4.69) is 16.0 Å². The smallest absolute Gasteiger partial charge is 0.327 e. The van der Waals surface area contributed by atoms with Gasteiger partial charge in [0.1, 0.15) is 46.3 Å². The molecule has 0 bridgehead atoms. The largest absolute Gasteiger partial charge is 0.508 e. The molecule has 9 atom stereocenters. The number of thioether (sulfide) groups is 1. The van der Waals surface area contributed by atoms with Crippen molar-refractivity contribution >= 4 is 52.8 Å². The molecule has 1 saturated carbocycles. The van der Waals surface area contributed by atoms with Crippen molar-refractivity contribution in [2.24, 2.45) is 11.8 Å². The molecule has 3 fully saturated rings. The Labute approximate surface area is 330 Å². The number of aromatic hydroxyl groups is 1. The van der Waals surface area contributed by atoms with Crippen LogP contribution in [0.3, 0.4) is 0 Å². The maximum Gasteiger partial charge on any atom is 0.327 e. The van der Waals surface area contributed by atoms with E-state index in [-0.39, 0.29) is 17.5 Å². The zero-order valence-electron chi connectivity index (χ0n) is 31.5. The average molecular weight is 806 g/mol. The summed E-state index contributed by atoms with van der Waals surface area (Å²) in [7, 11) is 2.95. The number of β-lactam (4-membered cyclic amide) rings is 1. The van der Waals surface area contributed by atoms with Crippen LogP contribution >= 0.6 is 11.8 Å². The highest BCUT2D eigenvalue weighted by atomic mass is 32.2. The van der Waals surface area contributed by atoms with Crippen molar-refractivity contribution in [3.05, 3.63) is 82.1 Å². The second-order valence-corrected chi connectivity index (χ2v) is 17.7. The number of likely N-dealkylation sites (N-methyl/N-ethyl adjacent to an activating group) is 1. The fraction of sp³-hybridized carbons (Fsp3) is 0.436. The normalized spacial score (nSPS) is 31.9. The lowest BCUT2D eigenvalue weighted by Crippen LogP contribution is -2.71. The second-order valence-electron chi connectivity index (χ2n) is 15.9. The van der Waals surface area contributed by atoms with E-state index in [1.165, 1.54) is 60.8 Å². The molecule has 2 aromatic carbocycles. The van der Waals surface area contributed by atoms with Gasteiger partial charge in [-0.3, -0.25) is 34.2 Å². The number of aliphatic carboxylic acids is 1. The van der Waals surface area contributed by atoms with Crippen LogP contribution in [0.4, 0.5) is 0 Å². The van der Waals surface area contributed by atoms with Crippen LogP contribution in [0, 0.1) is 11.8 Å². The summed E-state index contributed by atoms with van der Waals surface area (Å²) >= 11 is 1.25. The predicted molar refractivity (Wildman–Crippen MR) is 202 cm³/mol. The molecule has 18 heteroatoms. The summed E-state index contributed by atoms with van der Waals surface area (Å²) in [6, 6.07) is 7.73. The third-order valence-electron chi connectivity index (χ3n) is 11.9. The number of aliphatic hydroxyl groups excluding tert-OH is 2. The molecule has 9 N–H and O–H groups in total. The van der Waals surface area contributed by atoms with Crippen molar-refractivity contribution < 1.29 is 59.4 Å². The van der Waals surface area contributed by atoms with Crippen LogP contribution in [0.25, 0.3) is 5.76 Å². The van der Waals surface area contributed by atoms with Gasteiger partial charge in [-0.25, -0.2) is 4.79 Å². The van der Waals surface area contributed by atoms with Gasteiger partial charge in [-0.1, -0.05) is 42.5 Å². The van der Waals surface area contributed by atoms with Crippen molar-refractivity contribution in [3.8, 4) is 5.75 Å². The Kier molecular flexibility index (Phi) is 9.59. The summed E-state index contributed by atoms with van der Waals surface area (Å²) in [5.41, 5.74) is -5.95. The number of nitrogens with zero attached hydrogens (tertiary/aromatic N) is 2. The van der Waals surface area contributed by atoms with Crippen LogP contribution < -0.4 is 16.0 Å². The second kappa shape index (κ2) is 13.7. The van der Waals surface area contributed by atoms with E-state index >= 15 is 0 Å². The molecule has 2 aromatic rings. The molecule has 57 heavy (non-hydrogen) atoms. The van der Waals surface area contributed by atoms with Crippen molar-refractivity contribution in [2.45, 2.75) is 72.7 Å². The number of nitrogens with one attached hydrogen (secondary N) is 3. The number of ketones is 2. The van der Waals surface area contributed by atoms with Gasteiger partial charge in [0.05, 0.1) is 23.9 Å². The third kappa shape index (κ3) is 5.83. The van der Waals surface area contributed by atoms with Gasteiger partial charge in [0.2, 0.25) is 17.6 Å². The third-order valence-corrected chi connectivity index (χ3v) is 13.5. The lowest BCUT2D eigenvalue weighted by Gasteiger charge is -2.53. The number of amides is 3. The standard InChI is InChI=1S/C39H43N5O12S/c1-37(2)29(36(53)54)44-34(52)25(35(44)57-37)42-33(51)24(16-10-7-6-8-11-16)40-15-41-32(50)23-28(47)26(43(4)5)19-14-18-22(30(48)39(19,56)31(23)49)27(46)21-17(38(18,3)55)12-9-13-20(21)45/h6-13,18-19,24-26,29,35,40,45-46,49,55-56H,14-15H2,1-5H3,(H,41,50)(H,42,51)(H,53,54)/t18-,19+,24+,25+,26-,29-,35+,38+,39-/m0/s1. The maximum absolute atomic E-state index is 14.4. The first-order valence-electron chi connectivity index (χ1n) is 18.2. The van der Waals surface area contributed by atoms with Crippen LogP contribution in [0.15, 0.2) is 65.4 Å². The molecule has 0 unspecified atom stereocenters. The van der Waals surface area contributed by atoms with Gasteiger partial charge in [0, 0.05) is 22.2 Å². The number of benzene rings is 2. The Hall–Kier alpha value is -5.27. The number of fused-ring (bicyclic) bond motifs is 4. The number of hydrogen-bond donors (Lipinski definition) is 9. The molecular formula is C39H43N5O12S. The first-order valence-corrected chi connectivity index (χ1v) is 19.0. The van der Waals surface area contributed by atoms with Gasteiger partial charge >= 0.3 is 5.97 Å². The van der Waals surface area contributed by atoms with E-state index in [0.717, 1.165) is 0 Å². The Bertz CT molecular complexity index is 2190. The summed E-state index contributed by atoms with van der Waals surface area (Å²) in [5.74, 6) is -10.9. The van der Waals surface area contributed by atoms with Crippen LogP contribution in [0.2, 0.25) is 0 Å². The molecule has 0 aromatic heterocycles.